The Morgan fingerprint density at radius 2 is 2.00 bits per heavy atom. The number of pyridine rings is 1. The van der Waals surface area contributed by atoms with E-state index in [1.807, 2.05) is 18.2 Å². The zero-order valence-corrected chi connectivity index (χ0v) is 11.2. The fourth-order valence-corrected chi connectivity index (χ4v) is 2.29. The van der Waals surface area contributed by atoms with Crippen LogP contribution in [0.3, 0.4) is 0 Å². The molecule has 1 unspecified atom stereocenters. The molecule has 1 atom stereocenters. The first-order valence-corrected chi connectivity index (χ1v) is 6.41. The lowest BCUT2D eigenvalue weighted by Gasteiger charge is -2.11. The number of rotatable bonds is 4. The van der Waals surface area contributed by atoms with Gasteiger partial charge in [-0.25, -0.2) is 0 Å². The van der Waals surface area contributed by atoms with Crippen LogP contribution in [0.15, 0.2) is 42.7 Å². The van der Waals surface area contributed by atoms with Gasteiger partial charge >= 0.3 is 0 Å². The molecular weight excluding hydrogens is 269 g/mol. The fourth-order valence-electron chi connectivity index (χ4n) is 1.80. The van der Waals surface area contributed by atoms with Crippen molar-refractivity contribution >= 4 is 23.2 Å². The maximum Gasteiger partial charge on any atom is 0.0621 e. The van der Waals surface area contributed by atoms with Crippen LogP contribution in [-0.4, -0.2) is 16.2 Å². The van der Waals surface area contributed by atoms with Crippen LogP contribution in [0.2, 0.25) is 10.0 Å². The van der Waals surface area contributed by atoms with E-state index in [0.29, 0.717) is 22.9 Å². The van der Waals surface area contributed by atoms with Gasteiger partial charge in [0.15, 0.2) is 0 Å². The van der Waals surface area contributed by atoms with E-state index >= 15 is 0 Å². The standard InChI is InChI=1S/C14H13Cl2NO/c15-12-4-3-11(14(16)8-12)7-13(18)6-10-2-1-5-17-9-10/h1-5,8-9,13,18H,6-7H2. The summed E-state index contributed by atoms with van der Waals surface area (Å²) in [5.41, 5.74) is 1.91. The molecule has 0 saturated carbocycles. The molecule has 1 heterocycles. The molecule has 0 spiro atoms. The second kappa shape index (κ2) is 6.19. The first-order chi connectivity index (χ1) is 8.65. The van der Waals surface area contributed by atoms with Crippen molar-refractivity contribution in [3.8, 4) is 0 Å². The SMILES string of the molecule is OC(Cc1cccnc1)Cc1ccc(Cl)cc1Cl. The average Bonchev–Trinajstić information content (AvgIpc) is 2.34. The van der Waals surface area contributed by atoms with Gasteiger partial charge in [0, 0.05) is 35.3 Å². The van der Waals surface area contributed by atoms with Crippen LogP contribution in [0.1, 0.15) is 11.1 Å². The van der Waals surface area contributed by atoms with Crippen LogP contribution in [0, 0.1) is 0 Å². The van der Waals surface area contributed by atoms with E-state index in [2.05, 4.69) is 4.98 Å². The van der Waals surface area contributed by atoms with E-state index in [-0.39, 0.29) is 0 Å². The summed E-state index contributed by atoms with van der Waals surface area (Å²) in [5.74, 6) is 0. The lowest BCUT2D eigenvalue weighted by Crippen LogP contribution is -2.14. The van der Waals surface area contributed by atoms with Crippen molar-refractivity contribution in [3.63, 3.8) is 0 Å². The van der Waals surface area contributed by atoms with Crippen molar-refractivity contribution in [2.45, 2.75) is 18.9 Å². The zero-order chi connectivity index (χ0) is 13.0. The van der Waals surface area contributed by atoms with Crippen LogP contribution in [0.25, 0.3) is 0 Å². The summed E-state index contributed by atoms with van der Waals surface area (Å²) in [5, 5.41) is 11.2. The number of nitrogens with zero attached hydrogens (tertiary/aromatic N) is 1. The van der Waals surface area contributed by atoms with E-state index in [9.17, 15) is 5.11 Å². The van der Waals surface area contributed by atoms with Gasteiger partial charge in [-0.1, -0.05) is 35.3 Å². The maximum absolute atomic E-state index is 10.0. The van der Waals surface area contributed by atoms with Crippen LogP contribution >= 0.6 is 23.2 Å². The molecule has 0 saturated heterocycles. The molecular formula is C14H13Cl2NO. The van der Waals surface area contributed by atoms with Gasteiger partial charge in [-0.2, -0.15) is 0 Å². The van der Waals surface area contributed by atoms with Crippen molar-refractivity contribution < 1.29 is 5.11 Å². The second-order valence-electron chi connectivity index (χ2n) is 4.16. The summed E-state index contributed by atoms with van der Waals surface area (Å²) in [4.78, 5) is 4.02. The van der Waals surface area contributed by atoms with Gasteiger partial charge in [-0.05, 0) is 29.3 Å². The third-order valence-corrected chi connectivity index (χ3v) is 3.25. The minimum absolute atomic E-state index is 0.479. The maximum atomic E-state index is 10.0. The van der Waals surface area contributed by atoms with E-state index in [1.165, 1.54) is 0 Å². The van der Waals surface area contributed by atoms with Crippen LogP contribution < -0.4 is 0 Å². The van der Waals surface area contributed by atoms with Crippen molar-refractivity contribution in [2.75, 3.05) is 0 Å². The first kappa shape index (κ1) is 13.3. The molecule has 1 N–H and O–H groups in total. The van der Waals surface area contributed by atoms with Gasteiger partial charge in [0.2, 0.25) is 0 Å². The van der Waals surface area contributed by atoms with Crippen molar-refractivity contribution in [3.05, 3.63) is 63.9 Å². The first-order valence-electron chi connectivity index (χ1n) is 5.66. The van der Waals surface area contributed by atoms with Gasteiger partial charge in [0.05, 0.1) is 6.10 Å². The molecule has 0 fully saturated rings. The van der Waals surface area contributed by atoms with Crippen molar-refractivity contribution in [1.82, 2.24) is 4.98 Å². The predicted molar refractivity (Wildman–Crippen MR) is 74.1 cm³/mol. The Hall–Kier alpha value is -1.09. The third kappa shape index (κ3) is 3.70. The molecule has 1 aromatic carbocycles. The summed E-state index contributed by atoms with van der Waals surface area (Å²) >= 11 is 11.9. The van der Waals surface area contributed by atoms with Gasteiger partial charge < -0.3 is 5.11 Å². The van der Waals surface area contributed by atoms with Gasteiger partial charge in [-0.15, -0.1) is 0 Å². The molecule has 0 radical (unpaired) electrons. The summed E-state index contributed by atoms with van der Waals surface area (Å²) < 4.78 is 0. The monoisotopic (exact) mass is 281 g/mol. The van der Waals surface area contributed by atoms with E-state index in [4.69, 9.17) is 23.2 Å². The molecule has 1 aromatic heterocycles. The van der Waals surface area contributed by atoms with E-state index in [1.54, 1.807) is 24.5 Å². The molecule has 0 aliphatic rings. The Morgan fingerprint density at radius 1 is 1.17 bits per heavy atom. The number of hydrogen-bond donors (Lipinski definition) is 1. The summed E-state index contributed by atoms with van der Waals surface area (Å²) in [6.07, 6.45) is 4.06. The summed E-state index contributed by atoms with van der Waals surface area (Å²) in [7, 11) is 0. The van der Waals surface area contributed by atoms with Crippen LogP contribution in [0.4, 0.5) is 0 Å². The highest BCUT2D eigenvalue weighted by Gasteiger charge is 2.10. The number of aliphatic hydroxyl groups excluding tert-OH is 1. The minimum Gasteiger partial charge on any atom is -0.392 e. The molecule has 0 aliphatic carbocycles. The highest BCUT2D eigenvalue weighted by Crippen LogP contribution is 2.22. The van der Waals surface area contributed by atoms with Gasteiger partial charge in [0.25, 0.3) is 0 Å². The number of hydrogen-bond acceptors (Lipinski definition) is 2. The lowest BCUT2D eigenvalue weighted by atomic mass is 10.0. The van der Waals surface area contributed by atoms with Gasteiger partial charge in [-0.3, -0.25) is 4.98 Å². The number of halogens is 2. The minimum atomic E-state index is -0.479. The third-order valence-electron chi connectivity index (χ3n) is 2.66. The Balaban J connectivity index is 2.01. The topological polar surface area (TPSA) is 33.1 Å². The zero-order valence-electron chi connectivity index (χ0n) is 9.68. The average molecular weight is 282 g/mol. The molecule has 94 valence electrons. The Kier molecular flexibility index (Phi) is 4.59. The predicted octanol–water partition coefficient (Wildman–Crippen LogP) is 3.53. The Morgan fingerprint density at radius 3 is 2.67 bits per heavy atom. The molecule has 2 aromatic rings. The van der Waals surface area contributed by atoms with E-state index < -0.39 is 6.10 Å². The highest BCUT2D eigenvalue weighted by molar-refractivity contribution is 6.35. The molecule has 0 bridgehead atoms. The molecule has 4 heteroatoms. The van der Waals surface area contributed by atoms with Crippen LogP contribution in [-0.2, 0) is 12.8 Å². The largest absolute Gasteiger partial charge is 0.392 e. The van der Waals surface area contributed by atoms with E-state index in [0.717, 1.165) is 11.1 Å². The van der Waals surface area contributed by atoms with Crippen molar-refractivity contribution in [2.24, 2.45) is 0 Å². The quantitative estimate of drug-likeness (QED) is 0.930. The van der Waals surface area contributed by atoms with Gasteiger partial charge in [0.1, 0.15) is 0 Å². The Labute approximate surface area is 116 Å². The summed E-state index contributed by atoms with van der Waals surface area (Å²) in [6.45, 7) is 0. The number of benzene rings is 1. The second-order valence-corrected chi connectivity index (χ2v) is 5.00. The normalized spacial score (nSPS) is 12.4. The number of aliphatic hydroxyl groups is 1. The highest BCUT2D eigenvalue weighted by atomic mass is 35.5. The smallest absolute Gasteiger partial charge is 0.0621 e. The molecule has 2 nitrogen and oxygen atoms in total. The van der Waals surface area contributed by atoms with Crippen molar-refractivity contribution in [1.29, 1.82) is 0 Å². The molecule has 2 rings (SSSR count). The molecule has 0 aliphatic heterocycles. The van der Waals surface area contributed by atoms with Crippen LogP contribution in [0.5, 0.6) is 0 Å². The lowest BCUT2D eigenvalue weighted by molar-refractivity contribution is 0.175. The molecule has 18 heavy (non-hydrogen) atoms. The Bertz CT molecular complexity index is 516. The fraction of sp³-hybridized carbons (Fsp3) is 0.214. The summed E-state index contributed by atoms with van der Waals surface area (Å²) in [6, 6.07) is 9.11. The molecule has 0 amide bonds. The number of aromatic nitrogens is 1.